The topological polar surface area (TPSA) is 74.0 Å². The summed E-state index contributed by atoms with van der Waals surface area (Å²) in [6, 6.07) is 4.47. The molecule has 0 atom stereocenters. The van der Waals surface area contributed by atoms with E-state index in [1.165, 1.54) is 19.1 Å². The van der Waals surface area contributed by atoms with Gasteiger partial charge in [-0.1, -0.05) is 18.8 Å². The van der Waals surface area contributed by atoms with E-state index >= 15 is 0 Å². The van der Waals surface area contributed by atoms with Crippen molar-refractivity contribution in [3.63, 3.8) is 0 Å². The lowest BCUT2D eigenvalue weighted by atomic mass is 9.99. The van der Waals surface area contributed by atoms with Crippen molar-refractivity contribution < 1.29 is 14.0 Å². The van der Waals surface area contributed by atoms with E-state index in [1.807, 2.05) is 6.92 Å². The first kappa shape index (κ1) is 17.6. The Morgan fingerprint density at radius 1 is 1.38 bits per heavy atom. The molecule has 2 heterocycles. The number of hydrogen-bond donors (Lipinski definition) is 3. The van der Waals surface area contributed by atoms with Crippen molar-refractivity contribution in [1.82, 2.24) is 10.3 Å². The third-order valence-electron chi connectivity index (χ3n) is 4.01. The molecule has 0 saturated heterocycles. The van der Waals surface area contributed by atoms with Crippen LogP contribution in [-0.2, 0) is 4.79 Å². The largest absolute Gasteiger partial charge is 0.361 e. The average molecular weight is 351 g/mol. The Bertz CT molecular complexity index is 977. The Labute approximate surface area is 150 Å². The summed E-state index contributed by atoms with van der Waals surface area (Å²) in [7, 11) is 0. The first-order valence-electron chi connectivity index (χ1n) is 8.26. The minimum atomic E-state index is -0.481. The van der Waals surface area contributed by atoms with Gasteiger partial charge in [0.25, 0.3) is 5.91 Å². The highest BCUT2D eigenvalue weighted by molar-refractivity contribution is 6.35. The zero-order valence-corrected chi connectivity index (χ0v) is 14.5. The van der Waals surface area contributed by atoms with Crippen molar-refractivity contribution in [3.05, 3.63) is 52.6 Å². The third kappa shape index (κ3) is 3.44. The molecule has 0 unspecified atom stereocenters. The monoisotopic (exact) mass is 351 g/mol. The first-order valence-corrected chi connectivity index (χ1v) is 8.26. The van der Waals surface area contributed by atoms with E-state index in [9.17, 15) is 14.0 Å². The summed E-state index contributed by atoms with van der Waals surface area (Å²) in [5.74, 6) is 4.80. The maximum absolute atomic E-state index is 14.4. The van der Waals surface area contributed by atoms with Crippen molar-refractivity contribution in [2.75, 3.05) is 18.4 Å². The third-order valence-corrected chi connectivity index (χ3v) is 4.01. The smallest absolute Gasteiger partial charge is 0.256 e. The van der Waals surface area contributed by atoms with Crippen LogP contribution < -0.4 is 10.6 Å². The van der Waals surface area contributed by atoms with Crippen LogP contribution >= 0.6 is 0 Å². The highest BCUT2D eigenvalue weighted by Gasteiger charge is 2.28. The van der Waals surface area contributed by atoms with Gasteiger partial charge in [0.15, 0.2) is 5.78 Å². The van der Waals surface area contributed by atoms with Crippen molar-refractivity contribution in [3.8, 4) is 11.8 Å². The number of hydrogen-bond acceptors (Lipinski definition) is 3. The second-order valence-electron chi connectivity index (χ2n) is 5.84. The molecule has 1 aliphatic heterocycles. The molecule has 0 radical (unpaired) electrons. The summed E-state index contributed by atoms with van der Waals surface area (Å²) in [5, 5.41) is 5.78. The summed E-state index contributed by atoms with van der Waals surface area (Å²) in [5.41, 5.74) is 2.56. The number of H-pyrrole nitrogens is 1. The van der Waals surface area contributed by atoms with Gasteiger partial charge in [0.05, 0.1) is 23.4 Å². The number of halogens is 1. The molecule has 3 N–H and O–H groups in total. The van der Waals surface area contributed by atoms with Crippen molar-refractivity contribution >= 4 is 29.0 Å². The summed E-state index contributed by atoms with van der Waals surface area (Å²) in [4.78, 5) is 26.8. The number of carbonyl (C=O) groups excluding carboxylic acids is 2. The van der Waals surface area contributed by atoms with E-state index < -0.39 is 5.82 Å². The summed E-state index contributed by atoms with van der Waals surface area (Å²) < 4.78 is 14.4. The highest BCUT2D eigenvalue weighted by atomic mass is 19.1. The average Bonchev–Trinajstić information content (AvgIpc) is 3.19. The molecule has 1 aromatic carbocycles. The van der Waals surface area contributed by atoms with Gasteiger partial charge in [-0.25, -0.2) is 4.39 Å². The van der Waals surface area contributed by atoms with Gasteiger partial charge in [-0.15, -0.1) is 0 Å². The number of amides is 1. The van der Waals surface area contributed by atoms with E-state index in [1.54, 1.807) is 18.3 Å². The molecule has 0 bridgehead atoms. The van der Waals surface area contributed by atoms with Crippen LogP contribution in [0.3, 0.4) is 0 Å². The second-order valence-corrected chi connectivity index (χ2v) is 5.84. The molecule has 1 aliphatic rings. The number of fused-ring (bicyclic) bond motifs is 1. The number of carbonyl (C=O) groups is 2. The highest BCUT2D eigenvalue weighted by Crippen LogP contribution is 2.36. The van der Waals surface area contributed by atoms with Gasteiger partial charge in [-0.3, -0.25) is 9.59 Å². The van der Waals surface area contributed by atoms with Gasteiger partial charge in [0, 0.05) is 23.0 Å². The normalized spacial score (nSPS) is 14.0. The standard InChI is InChI=1S/C20H18FN3O2/c1-3-22-8-4-5-15-17(21)6-7-18-19(15)16(20(26)24-18)10-14-9-13(11-23-14)12(2)25/h6-7,9-11,22-23H,3,8H2,1-2H3,(H,24,26). The van der Waals surface area contributed by atoms with Crippen LogP contribution in [0.15, 0.2) is 24.4 Å². The van der Waals surface area contributed by atoms with Crippen molar-refractivity contribution in [2.24, 2.45) is 0 Å². The molecule has 0 aliphatic carbocycles. The fourth-order valence-corrected chi connectivity index (χ4v) is 2.70. The minimum Gasteiger partial charge on any atom is -0.361 e. The molecule has 26 heavy (non-hydrogen) atoms. The molecule has 6 heteroatoms. The lowest BCUT2D eigenvalue weighted by Crippen LogP contribution is -2.12. The molecule has 132 valence electrons. The maximum atomic E-state index is 14.4. The molecule has 1 amide bonds. The van der Waals surface area contributed by atoms with Crippen LogP contribution in [0.25, 0.3) is 11.6 Å². The molecule has 0 fully saturated rings. The minimum absolute atomic E-state index is 0.0804. The number of aromatic nitrogens is 1. The zero-order chi connectivity index (χ0) is 18.7. The van der Waals surface area contributed by atoms with Crippen LogP contribution in [0.2, 0.25) is 0 Å². The maximum Gasteiger partial charge on any atom is 0.256 e. The Hall–Kier alpha value is -3.17. The first-order chi connectivity index (χ1) is 12.5. The van der Waals surface area contributed by atoms with E-state index in [-0.39, 0.29) is 17.3 Å². The van der Waals surface area contributed by atoms with E-state index in [0.29, 0.717) is 34.6 Å². The quantitative estimate of drug-likeness (QED) is 0.343. The number of ketones is 1. The van der Waals surface area contributed by atoms with Crippen LogP contribution in [0, 0.1) is 17.7 Å². The molecular formula is C20H18FN3O2. The Morgan fingerprint density at radius 3 is 2.88 bits per heavy atom. The fraction of sp³-hybridized carbons (Fsp3) is 0.200. The van der Waals surface area contributed by atoms with Gasteiger partial charge < -0.3 is 15.6 Å². The fourth-order valence-electron chi connectivity index (χ4n) is 2.70. The van der Waals surface area contributed by atoms with E-state index in [0.717, 1.165) is 6.54 Å². The summed E-state index contributed by atoms with van der Waals surface area (Å²) in [6.45, 7) is 4.61. The second kappa shape index (κ2) is 7.38. The number of rotatable bonds is 4. The van der Waals surface area contributed by atoms with E-state index in [2.05, 4.69) is 27.5 Å². The Morgan fingerprint density at radius 2 is 2.19 bits per heavy atom. The summed E-state index contributed by atoms with van der Waals surface area (Å²) >= 11 is 0. The van der Waals surface area contributed by atoms with Crippen LogP contribution in [0.4, 0.5) is 10.1 Å². The molecular weight excluding hydrogens is 333 g/mol. The number of anilines is 1. The van der Waals surface area contributed by atoms with Crippen molar-refractivity contribution in [1.29, 1.82) is 0 Å². The number of benzene rings is 1. The summed E-state index contributed by atoms with van der Waals surface area (Å²) in [6.07, 6.45) is 3.17. The van der Waals surface area contributed by atoms with Gasteiger partial charge in [0.2, 0.25) is 0 Å². The Balaban J connectivity index is 2.06. The lowest BCUT2D eigenvalue weighted by Gasteiger charge is -2.04. The van der Waals surface area contributed by atoms with Gasteiger partial charge in [-0.05, 0) is 37.7 Å². The lowest BCUT2D eigenvalue weighted by molar-refractivity contribution is -0.110. The number of Topliss-reactive ketones (excluding diaryl/α,β-unsaturated/α-hetero) is 1. The number of nitrogens with one attached hydrogen (secondary N) is 3. The van der Waals surface area contributed by atoms with Crippen LogP contribution in [0.5, 0.6) is 0 Å². The molecule has 0 saturated carbocycles. The van der Waals surface area contributed by atoms with Gasteiger partial charge >= 0.3 is 0 Å². The van der Waals surface area contributed by atoms with Crippen LogP contribution in [0.1, 0.15) is 41.0 Å². The molecule has 2 aromatic rings. The number of aromatic amines is 1. The van der Waals surface area contributed by atoms with Crippen LogP contribution in [-0.4, -0.2) is 29.8 Å². The van der Waals surface area contributed by atoms with E-state index in [4.69, 9.17) is 0 Å². The molecule has 0 spiro atoms. The molecule has 1 aromatic heterocycles. The predicted octanol–water partition coefficient (Wildman–Crippen LogP) is 2.81. The van der Waals surface area contributed by atoms with Crippen molar-refractivity contribution in [2.45, 2.75) is 13.8 Å². The SMILES string of the molecule is CCNCC#Cc1c(F)ccc2c1C(=Cc1cc(C(C)=O)c[nH]1)C(=O)N2. The van der Waals surface area contributed by atoms with Gasteiger partial charge in [0.1, 0.15) is 5.82 Å². The van der Waals surface area contributed by atoms with Gasteiger partial charge in [-0.2, -0.15) is 0 Å². The predicted molar refractivity (Wildman–Crippen MR) is 99.1 cm³/mol. The zero-order valence-electron chi connectivity index (χ0n) is 14.5. The Kier molecular flexibility index (Phi) is 5.01. The molecule has 3 rings (SSSR count). The molecule has 5 nitrogen and oxygen atoms in total.